The van der Waals surface area contributed by atoms with E-state index in [0.29, 0.717) is 11.3 Å². The Morgan fingerprint density at radius 1 is 0.316 bits per heavy atom. The van der Waals surface area contributed by atoms with Gasteiger partial charge in [-0.05, 0) is 94.9 Å². The number of rotatable bonds is 5. The predicted octanol–water partition coefficient (Wildman–Crippen LogP) is 14.3. The maximum absolute atomic E-state index is 10.1. The highest BCUT2D eigenvalue weighted by Gasteiger charge is 2.21. The van der Waals surface area contributed by atoms with Crippen molar-refractivity contribution in [2.24, 2.45) is 0 Å². The molecule has 12 rings (SSSR count). The second-order valence-corrected chi connectivity index (χ2v) is 13.4. The third-order valence-electron chi connectivity index (χ3n) is 10.3. The van der Waals surface area contributed by atoms with Gasteiger partial charge in [-0.2, -0.15) is 0 Å². The van der Waals surface area contributed by atoms with Crippen LogP contribution < -0.4 is 0 Å². The van der Waals surface area contributed by atoms with Gasteiger partial charge in [0.05, 0.1) is 66.2 Å². The molecule has 0 aliphatic carbocycles. The lowest BCUT2D eigenvalue weighted by atomic mass is 10.0. The van der Waals surface area contributed by atoms with Gasteiger partial charge in [0.25, 0.3) is 0 Å². The first-order valence-electron chi connectivity index (χ1n) is 28.0. The fraction of sp³-hybridized carbons (Fsp3) is 0. The molecule has 0 bridgehead atoms. The van der Waals surface area contributed by atoms with Crippen LogP contribution in [0.2, 0.25) is 0 Å². The van der Waals surface area contributed by atoms with Crippen molar-refractivity contribution >= 4 is 65.4 Å². The van der Waals surface area contributed by atoms with E-state index in [0.717, 1.165) is 10.1 Å². The monoisotopic (exact) mass is 745 g/mol. The van der Waals surface area contributed by atoms with E-state index < -0.39 is 159 Å². The Morgan fingerprint density at radius 3 is 1.60 bits per heavy atom. The molecule has 3 heteroatoms. The van der Waals surface area contributed by atoms with Gasteiger partial charge in [0.2, 0.25) is 0 Å². The molecule has 3 nitrogen and oxygen atoms in total. The average Bonchev–Trinajstić information content (AvgIpc) is 3.87. The van der Waals surface area contributed by atoms with Gasteiger partial charge in [0, 0.05) is 43.7 Å². The van der Waals surface area contributed by atoms with Gasteiger partial charge in [-0.3, -0.25) is 0 Å². The molecule has 0 aliphatic rings. The van der Waals surface area contributed by atoms with E-state index in [2.05, 4.69) is 0 Å². The number of para-hydroxylation sites is 5. The van der Waals surface area contributed by atoms with E-state index in [1.807, 2.05) is 30.3 Å². The van der Waals surface area contributed by atoms with Gasteiger partial charge < -0.3 is 13.7 Å². The zero-order valence-electron chi connectivity index (χ0n) is 49.5. The molecule has 12 aromatic rings. The average molecular weight is 746 g/mol. The number of hydrogen-bond acceptors (Lipinski definition) is 0. The van der Waals surface area contributed by atoms with Crippen molar-refractivity contribution in [1.82, 2.24) is 13.7 Å². The van der Waals surface area contributed by atoms with Gasteiger partial charge in [-0.1, -0.05) is 139 Å². The summed E-state index contributed by atoms with van der Waals surface area (Å²) < 4.78 is 190. The third kappa shape index (κ3) is 4.79. The van der Waals surface area contributed by atoms with Crippen LogP contribution >= 0.6 is 0 Å². The molecule has 0 unspecified atom stereocenters. The normalized spacial score (nSPS) is 16.8. The number of nitrogens with zero attached hydrogens (tertiary/aromatic N) is 3. The van der Waals surface area contributed by atoms with Gasteiger partial charge in [0.15, 0.2) is 0 Å². The Labute approximate surface area is 357 Å². The quantitative estimate of drug-likeness (QED) is 0.167. The van der Waals surface area contributed by atoms with E-state index in [4.69, 9.17) is 11.0 Å². The Morgan fingerprint density at radius 2 is 0.860 bits per heavy atom. The molecule has 0 N–H and O–H groups in total. The lowest BCUT2D eigenvalue weighted by molar-refractivity contribution is 1.13. The molecule has 0 radical (unpaired) electrons. The second-order valence-electron chi connectivity index (χ2n) is 13.4. The van der Waals surface area contributed by atoms with E-state index in [1.165, 1.54) is 15.2 Å². The van der Waals surface area contributed by atoms with Crippen molar-refractivity contribution in [2.45, 2.75) is 0 Å². The maximum atomic E-state index is 10.1. The van der Waals surface area contributed by atoms with Crippen molar-refractivity contribution in [1.29, 1.82) is 0 Å². The van der Waals surface area contributed by atoms with Crippen LogP contribution in [0.3, 0.4) is 0 Å². The topological polar surface area (TPSA) is 14.8 Å². The molecule has 0 amide bonds. The van der Waals surface area contributed by atoms with Crippen LogP contribution in [0.25, 0.3) is 105 Å². The van der Waals surface area contributed by atoms with Crippen LogP contribution in [-0.4, -0.2) is 13.7 Å². The minimum absolute atomic E-state index is 0.0164. The summed E-state index contributed by atoms with van der Waals surface area (Å²) in [6.07, 6.45) is 0. The van der Waals surface area contributed by atoms with E-state index in [1.54, 1.807) is 54.6 Å². The lowest BCUT2D eigenvalue weighted by Gasteiger charge is -2.15. The van der Waals surface area contributed by atoms with Crippen LogP contribution in [0.1, 0.15) is 27.4 Å². The number of fused-ring (bicyclic) bond motifs is 9. The Hall–Kier alpha value is -7.62. The summed E-state index contributed by atoms with van der Waals surface area (Å²) in [7, 11) is 0. The lowest BCUT2D eigenvalue weighted by Crippen LogP contribution is -2.00. The summed E-state index contributed by atoms with van der Waals surface area (Å²) in [4.78, 5) is 0. The summed E-state index contributed by atoms with van der Waals surface area (Å²) in [5.74, 6) is 0. The first kappa shape index (κ1) is 17.9. The highest BCUT2D eigenvalue weighted by Crippen LogP contribution is 2.42. The number of hydrogen-bond donors (Lipinski definition) is 0. The molecule has 0 atom stereocenters. The van der Waals surface area contributed by atoms with Crippen LogP contribution in [0.15, 0.2) is 212 Å². The van der Waals surface area contributed by atoms with Crippen LogP contribution in [0.5, 0.6) is 0 Å². The van der Waals surface area contributed by atoms with E-state index in [-0.39, 0.29) is 49.3 Å². The van der Waals surface area contributed by atoms with Crippen molar-refractivity contribution in [3.8, 4) is 39.3 Å². The van der Waals surface area contributed by atoms with Crippen molar-refractivity contribution in [3.05, 3.63) is 212 Å². The number of benzene rings is 9. The molecule has 3 aromatic heterocycles. The summed E-state index contributed by atoms with van der Waals surface area (Å²) in [5.41, 5.74) is -0.464. The molecule has 57 heavy (non-hydrogen) atoms. The highest BCUT2D eigenvalue weighted by atomic mass is 15.1. The summed E-state index contributed by atoms with van der Waals surface area (Å²) in [6.45, 7) is 0. The minimum atomic E-state index is -0.793. The van der Waals surface area contributed by atoms with Gasteiger partial charge in [0.1, 0.15) is 0 Å². The minimum Gasteiger partial charge on any atom is -0.309 e. The maximum Gasteiger partial charge on any atom is 0.0782 e. The molecule has 9 aromatic carbocycles. The van der Waals surface area contributed by atoms with Crippen LogP contribution in [-0.2, 0) is 0 Å². The van der Waals surface area contributed by atoms with Crippen molar-refractivity contribution < 1.29 is 27.4 Å². The van der Waals surface area contributed by atoms with Crippen molar-refractivity contribution in [3.63, 3.8) is 0 Å². The van der Waals surface area contributed by atoms with Crippen LogP contribution in [0, 0.1) is 0 Å². The molecule has 0 saturated heterocycles. The zero-order valence-corrected chi connectivity index (χ0v) is 29.5. The van der Waals surface area contributed by atoms with E-state index in [9.17, 15) is 16.4 Å². The Bertz CT molecular complexity index is 4680. The molecule has 0 spiro atoms. The van der Waals surface area contributed by atoms with Gasteiger partial charge in [-0.15, -0.1) is 0 Å². The number of aromatic nitrogens is 3. The van der Waals surface area contributed by atoms with E-state index >= 15 is 0 Å². The predicted molar refractivity (Wildman–Crippen MR) is 240 cm³/mol. The fourth-order valence-corrected chi connectivity index (χ4v) is 7.85. The second kappa shape index (κ2) is 12.5. The summed E-state index contributed by atoms with van der Waals surface area (Å²) >= 11 is 0. The van der Waals surface area contributed by atoms with Crippen molar-refractivity contribution in [2.75, 3.05) is 0 Å². The molecular formula is C54H35N3. The first-order chi connectivity index (χ1) is 36.6. The standard InChI is InChI=1S/C54H35N3/c1-3-15-36(16-4-1)37-17-13-20-41(33-37)56-49-26-11-7-21-42(49)45-24-14-28-53(54(45)56)57-50-27-12-9-23-44(50)47-35-39(30-32-52(47)57)38-29-31-51-46(34-38)43-22-8-10-25-48(43)55(51)40-18-5-2-6-19-40/h1-35H/i7D,8D,9D,10D,11D,12D,14D,21D,22D,23D,24D,25D,26D,27D,28D,29D,30D,32D,34D,35D. The molecule has 0 fully saturated rings. The molecule has 3 heterocycles. The summed E-state index contributed by atoms with van der Waals surface area (Å²) in [5, 5.41) is -1.43. The highest BCUT2D eigenvalue weighted by molar-refractivity contribution is 6.16. The van der Waals surface area contributed by atoms with Gasteiger partial charge >= 0.3 is 0 Å². The first-order valence-corrected chi connectivity index (χ1v) is 18.0. The SMILES string of the molecule is [2H]c1cc2c(c([2H])c1-c1c([2H])c([2H])c3c(c1[2H])c1c([2H])c([2H])c([2H])c([2H])c1n3-c1c([2H])c([2H])c([2H])c3c4c([2H])c([2H])c([2H])c([2H])c4n(-c4cccc(-c5ccccc5)c4)c13)c1c([2H])c([2H])c([2H])c([2H])c1n2-c1ccccc1. The Kier molecular flexibility index (Phi) is 3.91. The molecule has 0 saturated carbocycles. The molecular weight excluding hydrogens is 691 g/mol. The Balaban J connectivity index is 1.29. The summed E-state index contributed by atoms with van der Waals surface area (Å²) in [6, 6.07) is 12.8. The smallest absolute Gasteiger partial charge is 0.0782 e. The molecule has 266 valence electrons. The third-order valence-corrected chi connectivity index (χ3v) is 10.3. The zero-order chi connectivity index (χ0) is 54.9. The molecule has 0 aliphatic heterocycles. The fourth-order valence-electron chi connectivity index (χ4n) is 7.85. The largest absolute Gasteiger partial charge is 0.309 e. The van der Waals surface area contributed by atoms with Gasteiger partial charge in [-0.25, -0.2) is 0 Å². The van der Waals surface area contributed by atoms with Crippen LogP contribution in [0.4, 0.5) is 0 Å².